The van der Waals surface area contributed by atoms with Crippen molar-refractivity contribution in [3.8, 4) is 0 Å². The lowest BCUT2D eigenvalue weighted by atomic mass is 9.78. The number of carbonyl (C=O) groups excluding carboxylic acids is 1. The zero-order chi connectivity index (χ0) is 30.2. The van der Waals surface area contributed by atoms with Crippen LogP contribution in [0.5, 0.6) is 0 Å². The zero-order valence-corrected chi connectivity index (χ0v) is 26.6. The third kappa shape index (κ3) is 6.07. The van der Waals surface area contributed by atoms with E-state index in [1.54, 1.807) is 36.4 Å². The van der Waals surface area contributed by atoms with Gasteiger partial charge in [0.1, 0.15) is 11.9 Å². The number of benzene rings is 2. The first-order chi connectivity index (χ1) is 19.9. The smallest absolute Gasteiger partial charge is 0.245 e. The topological polar surface area (TPSA) is 98.7 Å². The van der Waals surface area contributed by atoms with E-state index >= 15 is 0 Å². The van der Waals surface area contributed by atoms with E-state index in [0.29, 0.717) is 59.6 Å². The van der Waals surface area contributed by atoms with Gasteiger partial charge in [-0.25, -0.2) is 13.4 Å². The van der Waals surface area contributed by atoms with Gasteiger partial charge in [-0.2, -0.15) is 4.98 Å². The van der Waals surface area contributed by atoms with Crippen LogP contribution in [0, 0.1) is 0 Å². The molecule has 226 valence electrons. The van der Waals surface area contributed by atoms with E-state index in [0.717, 1.165) is 23.7 Å². The standard InChI is InChI=1S/C31H41ClN6O3S/c1-21(2)37(5)23-13-16-31(17-14-23,20-42(40,41)24-9-7-6-8-10-24)38-18-15-27(29(38)39)33-28-25-19-22(32)11-12-26(25)34-30(35-28)36(3)4/h6-12,19,21,23,27H,13-18,20H2,1-5H3,(H,33,34,35). The minimum atomic E-state index is -3.63. The van der Waals surface area contributed by atoms with Gasteiger partial charge in [0.25, 0.3) is 0 Å². The summed E-state index contributed by atoms with van der Waals surface area (Å²) >= 11 is 6.32. The van der Waals surface area contributed by atoms with Crippen LogP contribution >= 0.6 is 11.6 Å². The summed E-state index contributed by atoms with van der Waals surface area (Å²) in [5.41, 5.74) is -0.0524. The molecule has 1 saturated heterocycles. The highest BCUT2D eigenvalue weighted by Crippen LogP contribution is 2.41. The van der Waals surface area contributed by atoms with Crippen LogP contribution in [0.25, 0.3) is 10.9 Å². The molecule has 0 radical (unpaired) electrons. The van der Waals surface area contributed by atoms with Gasteiger partial charge in [-0.1, -0.05) is 29.8 Å². The Hall–Kier alpha value is -2.95. The summed E-state index contributed by atoms with van der Waals surface area (Å²) < 4.78 is 27.5. The fourth-order valence-electron chi connectivity index (χ4n) is 6.37. The third-order valence-electron chi connectivity index (χ3n) is 8.97. The quantitative estimate of drug-likeness (QED) is 0.366. The largest absolute Gasteiger partial charge is 0.358 e. The zero-order valence-electron chi connectivity index (χ0n) is 25.0. The fourth-order valence-corrected chi connectivity index (χ4v) is 8.44. The van der Waals surface area contributed by atoms with Crippen molar-refractivity contribution in [1.82, 2.24) is 19.8 Å². The molecule has 3 aromatic rings. The maximum absolute atomic E-state index is 14.2. The van der Waals surface area contributed by atoms with Crippen molar-refractivity contribution in [2.45, 2.75) is 74.5 Å². The molecule has 1 aliphatic carbocycles. The van der Waals surface area contributed by atoms with Gasteiger partial charge in [0.15, 0.2) is 9.84 Å². The molecule has 0 bridgehead atoms. The van der Waals surface area contributed by atoms with Gasteiger partial charge in [0.2, 0.25) is 11.9 Å². The number of likely N-dealkylation sites (tertiary alicyclic amines) is 1. The Morgan fingerprint density at radius 1 is 1.05 bits per heavy atom. The van der Waals surface area contributed by atoms with Crippen LogP contribution in [0.4, 0.5) is 11.8 Å². The molecule has 2 heterocycles. The molecule has 9 nitrogen and oxygen atoms in total. The number of carbonyl (C=O) groups is 1. The van der Waals surface area contributed by atoms with Crippen molar-refractivity contribution in [3.05, 3.63) is 53.6 Å². The lowest BCUT2D eigenvalue weighted by Gasteiger charge is -2.48. The second-order valence-corrected chi connectivity index (χ2v) is 14.6. The summed E-state index contributed by atoms with van der Waals surface area (Å²) in [5, 5.41) is 4.68. The van der Waals surface area contributed by atoms with Crippen molar-refractivity contribution in [3.63, 3.8) is 0 Å². The molecule has 1 saturated carbocycles. The second-order valence-electron chi connectivity index (χ2n) is 12.2. The average Bonchev–Trinajstić information content (AvgIpc) is 3.33. The average molecular weight is 613 g/mol. The number of nitrogens with one attached hydrogen (secondary N) is 1. The number of amides is 1. The van der Waals surface area contributed by atoms with Crippen LogP contribution < -0.4 is 10.2 Å². The number of aromatic nitrogens is 2. The highest BCUT2D eigenvalue weighted by Gasteiger charge is 2.50. The number of nitrogens with zero attached hydrogens (tertiary/aromatic N) is 5. The van der Waals surface area contributed by atoms with Gasteiger partial charge in [-0.3, -0.25) is 4.79 Å². The van der Waals surface area contributed by atoms with Gasteiger partial charge in [-0.15, -0.1) is 0 Å². The van der Waals surface area contributed by atoms with Crippen LogP contribution in [0.1, 0.15) is 46.0 Å². The minimum Gasteiger partial charge on any atom is -0.358 e. The molecule has 42 heavy (non-hydrogen) atoms. The molecular weight excluding hydrogens is 572 g/mol. The Morgan fingerprint density at radius 3 is 2.38 bits per heavy atom. The summed E-state index contributed by atoms with van der Waals surface area (Å²) in [6.45, 7) is 4.83. The first-order valence-corrected chi connectivity index (χ1v) is 16.7. The molecule has 1 atom stereocenters. The van der Waals surface area contributed by atoms with Gasteiger partial charge in [0, 0.05) is 43.1 Å². The molecule has 2 aromatic carbocycles. The molecule has 2 fully saturated rings. The van der Waals surface area contributed by atoms with Gasteiger partial charge in [-0.05, 0) is 83.3 Å². The van der Waals surface area contributed by atoms with Crippen molar-refractivity contribution < 1.29 is 13.2 Å². The monoisotopic (exact) mass is 612 g/mol. The SMILES string of the molecule is CC(C)N(C)C1CCC(CS(=O)(=O)c2ccccc2)(N2CCC(Nc3nc(N(C)C)nc4ccc(Cl)cc34)C2=O)CC1. The lowest BCUT2D eigenvalue weighted by Crippen LogP contribution is -2.58. The molecule has 1 aliphatic heterocycles. The number of fused-ring (bicyclic) bond motifs is 1. The Morgan fingerprint density at radius 2 is 1.74 bits per heavy atom. The molecule has 1 unspecified atom stereocenters. The van der Waals surface area contributed by atoms with Crippen molar-refractivity contribution in [2.75, 3.05) is 43.7 Å². The molecule has 2 aliphatic rings. The molecule has 5 rings (SSSR count). The predicted octanol–water partition coefficient (Wildman–Crippen LogP) is 4.86. The molecule has 0 spiro atoms. The summed E-state index contributed by atoms with van der Waals surface area (Å²) in [7, 11) is 2.24. The lowest BCUT2D eigenvalue weighted by molar-refractivity contribution is -0.134. The number of anilines is 2. The second kappa shape index (κ2) is 12.0. The summed E-state index contributed by atoms with van der Waals surface area (Å²) in [5.74, 6) is 0.888. The number of halogens is 1. The Balaban J connectivity index is 1.45. The first-order valence-electron chi connectivity index (χ1n) is 14.6. The van der Waals surface area contributed by atoms with Gasteiger partial charge >= 0.3 is 0 Å². The van der Waals surface area contributed by atoms with E-state index in [2.05, 4.69) is 36.1 Å². The van der Waals surface area contributed by atoms with E-state index in [4.69, 9.17) is 16.6 Å². The normalized spacial score (nSPS) is 23.2. The summed E-state index contributed by atoms with van der Waals surface area (Å²) in [6, 6.07) is 14.2. The maximum Gasteiger partial charge on any atom is 0.245 e. The van der Waals surface area contributed by atoms with E-state index < -0.39 is 21.4 Å². The van der Waals surface area contributed by atoms with Crippen molar-refractivity contribution in [2.24, 2.45) is 0 Å². The number of hydrogen-bond acceptors (Lipinski definition) is 8. The van der Waals surface area contributed by atoms with Gasteiger partial charge < -0.3 is 20.0 Å². The fraction of sp³-hybridized carbons (Fsp3) is 0.516. The molecule has 1 N–H and O–H groups in total. The van der Waals surface area contributed by atoms with E-state index in [-0.39, 0.29) is 11.7 Å². The third-order valence-corrected chi connectivity index (χ3v) is 11.1. The van der Waals surface area contributed by atoms with Crippen LogP contribution in [0.2, 0.25) is 5.02 Å². The van der Waals surface area contributed by atoms with Crippen molar-refractivity contribution >= 4 is 50.0 Å². The van der Waals surface area contributed by atoms with Gasteiger partial charge in [0.05, 0.1) is 21.7 Å². The molecule has 1 amide bonds. The number of rotatable bonds is 9. The van der Waals surface area contributed by atoms with E-state index in [1.165, 1.54) is 0 Å². The number of hydrogen-bond donors (Lipinski definition) is 1. The Labute approximate surface area is 254 Å². The maximum atomic E-state index is 14.2. The number of sulfone groups is 1. The summed E-state index contributed by atoms with van der Waals surface area (Å²) in [6.07, 6.45) is 3.49. The summed E-state index contributed by atoms with van der Waals surface area (Å²) in [4.78, 5) is 29.8. The van der Waals surface area contributed by atoms with E-state index in [1.807, 2.05) is 36.0 Å². The van der Waals surface area contributed by atoms with Crippen LogP contribution in [-0.4, -0.2) is 91.2 Å². The molecule has 1 aromatic heterocycles. The van der Waals surface area contributed by atoms with E-state index in [9.17, 15) is 13.2 Å². The van der Waals surface area contributed by atoms with Crippen molar-refractivity contribution in [1.29, 1.82) is 0 Å². The highest BCUT2D eigenvalue weighted by molar-refractivity contribution is 7.91. The predicted molar refractivity (Wildman–Crippen MR) is 169 cm³/mol. The molecule has 11 heteroatoms. The Kier molecular flexibility index (Phi) is 8.70. The van der Waals surface area contributed by atoms with Crippen LogP contribution in [-0.2, 0) is 14.6 Å². The Bertz CT molecular complexity index is 1540. The molecular formula is C31H41ClN6O3S. The van der Waals surface area contributed by atoms with Crippen LogP contribution in [0.15, 0.2) is 53.4 Å². The first kappa shape index (κ1) is 30.5. The highest BCUT2D eigenvalue weighted by atomic mass is 35.5. The minimum absolute atomic E-state index is 0.0859. The van der Waals surface area contributed by atoms with Crippen LogP contribution in [0.3, 0.4) is 0 Å².